The second kappa shape index (κ2) is 4.14. The largest absolute Gasteiger partial charge is 0.367 e. The summed E-state index contributed by atoms with van der Waals surface area (Å²) in [5.74, 6) is 0. The van der Waals surface area contributed by atoms with E-state index in [1.807, 2.05) is 24.0 Å². The predicted molar refractivity (Wildman–Crippen MR) is 58.7 cm³/mol. The molecule has 1 saturated heterocycles. The summed E-state index contributed by atoms with van der Waals surface area (Å²) in [6, 6.07) is 3.61. The first-order chi connectivity index (χ1) is 7.16. The van der Waals surface area contributed by atoms with Crippen molar-refractivity contribution in [3.8, 4) is 0 Å². The van der Waals surface area contributed by atoms with Gasteiger partial charge in [-0.25, -0.2) is 4.39 Å². The van der Waals surface area contributed by atoms with Gasteiger partial charge in [-0.2, -0.15) is 0 Å². The van der Waals surface area contributed by atoms with Crippen LogP contribution < -0.4 is 10.6 Å². The van der Waals surface area contributed by atoms with Crippen molar-refractivity contribution < 1.29 is 4.39 Å². The maximum Gasteiger partial charge on any atom is 0.133 e. The van der Waals surface area contributed by atoms with Crippen molar-refractivity contribution in [2.24, 2.45) is 5.73 Å². The molecule has 2 rings (SSSR count). The van der Waals surface area contributed by atoms with E-state index in [0.717, 1.165) is 17.9 Å². The van der Waals surface area contributed by atoms with Crippen molar-refractivity contribution in [2.45, 2.75) is 25.6 Å². The molecule has 1 aromatic heterocycles. The maximum atomic E-state index is 13.4. The van der Waals surface area contributed by atoms with Gasteiger partial charge in [-0.1, -0.05) is 0 Å². The molecule has 0 unspecified atom stereocenters. The quantitative estimate of drug-likeness (QED) is 0.757. The van der Waals surface area contributed by atoms with E-state index in [2.05, 4.69) is 4.98 Å². The van der Waals surface area contributed by atoms with Gasteiger partial charge in [0.25, 0.3) is 0 Å². The Kier molecular flexibility index (Phi) is 2.86. The van der Waals surface area contributed by atoms with Gasteiger partial charge < -0.3 is 10.6 Å². The number of rotatable bonds is 1. The van der Waals surface area contributed by atoms with E-state index in [-0.39, 0.29) is 6.04 Å². The van der Waals surface area contributed by atoms with E-state index in [1.165, 1.54) is 0 Å². The highest BCUT2D eigenvalue weighted by atomic mass is 19.1. The lowest BCUT2D eigenvalue weighted by molar-refractivity contribution is 0.251. The van der Waals surface area contributed by atoms with E-state index in [9.17, 15) is 4.39 Å². The number of piperidine rings is 1. The molecule has 0 bridgehead atoms. The molecule has 3 nitrogen and oxygen atoms in total. The Morgan fingerprint density at radius 3 is 2.93 bits per heavy atom. The van der Waals surface area contributed by atoms with Crippen LogP contribution in [0.15, 0.2) is 18.3 Å². The van der Waals surface area contributed by atoms with Gasteiger partial charge >= 0.3 is 0 Å². The summed E-state index contributed by atoms with van der Waals surface area (Å²) >= 11 is 0. The van der Waals surface area contributed by atoms with Crippen LogP contribution in [0, 0.1) is 6.92 Å². The molecule has 2 heterocycles. The normalized spacial score (nSPS) is 26.7. The number of nitrogens with two attached hydrogens (primary N) is 1. The molecule has 0 spiro atoms. The van der Waals surface area contributed by atoms with Crippen molar-refractivity contribution >= 4 is 5.69 Å². The van der Waals surface area contributed by atoms with Gasteiger partial charge in [0, 0.05) is 18.3 Å². The summed E-state index contributed by atoms with van der Waals surface area (Å²) in [6.07, 6.45) is 1.56. The highest BCUT2D eigenvalue weighted by Crippen LogP contribution is 2.20. The van der Waals surface area contributed by atoms with Crippen LogP contribution in [-0.2, 0) is 0 Å². The highest BCUT2D eigenvalue weighted by molar-refractivity contribution is 5.45. The first-order valence-corrected chi connectivity index (χ1v) is 5.24. The Hall–Kier alpha value is -1.16. The summed E-state index contributed by atoms with van der Waals surface area (Å²) in [7, 11) is 0. The predicted octanol–water partition coefficient (Wildman–Crippen LogP) is 1.27. The molecule has 4 heteroatoms. The molecule has 0 amide bonds. The summed E-state index contributed by atoms with van der Waals surface area (Å²) < 4.78 is 13.4. The number of hydrogen-bond donors (Lipinski definition) is 1. The zero-order chi connectivity index (χ0) is 10.8. The van der Waals surface area contributed by atoms with E-state index in [0.29, 0.717) is 13.0 Å². The minimum absolute atomic E-state index is 0.306. The fourth-order valence-corrected chi connectivity index (χ4v) is 1.80. The number of alkyl halides is 1. The van der Waals surface area contributed by atoms with E-state index in [1.54, 1.807) is 6.20 Å². The lowest BCUT2D eigenvalue weighted by Gasteiger charge is -2.34. The number of aryl methyl sites for hydroxylation is 1. The molecule has 0 aliphatic carbocycles. The standard InChI is InChI=1S/C11H16FN3/c1-8-2-3-9(6-14-8)15-5-4-11(13)10(12)7-15/h2-3,6,10-11H,4-5,7,13H2,1H3/t10-,11+/m0/s1. The van der Waals surface area contributed by atoms with Gasteiger partial charge in [-0.15, -0.1) is 0 Å². The molecule has 0 radical (unpaired) electrons. The van der Waals surface area contributed by atoms with Crippen LogP contribution >= 0.6 is 0 Å². The minimum Gasteiger partial charge on any atom is -0.367 e. The third-order valence-corrected chi connectivity index (χ3v) is 2.85. The van der Waals surface area contributed by atoms with E-state index in [4.69, 9.17) is 5.73 Å². The van der Waals surface area contributed by atoms with Crippen molar-refractivity contribution in [3.05, 3.63) is 24.0 Å². The lowest BCUT2D eigenvalue weighted by atomic mass is 10.0. The Morgan fingerprint density at radius 2 is 2.33 bits per heavy atom. The zero-order valence-electron chi connectivity index (χ0n) is 8.86. The Balaban J connectivity index is 2.08. The number of anilines is 1. The highest BCUT2D eigenvalue weighted by Gasteiger charge is 2.26. The zero-order valence-corrected chi connectivity index (χ0v) is 8.86. The average Bonchev–Trinajstić information content (AvgIpc) is 2.23. The number of aromatic nitrogens is 1. The van der Waals surface area contributed by atoms with Gasteiger partial charge in [0.1, 0.15) is 6.17 Å². The van der Waals surface area contributed by atoms with Crippen LogP contribution in [-0.4, -0.2) is 30.3 Å². The van der Waals surface area contributed by atoms with Crippen LogP contribution in [0.25, 0.3) is 0 Å². The molecule has 2 N–H and O–H groups in total. The van der Waals surface area contributed by atoms with E-state index < -0.39 is 6.17 Å². The maximum absolute atomic E-state index is 13.4. The van der Waals surface area contributed by atoms with Crippen molar-refractivity contribution in [1.29, 1.82) is 0 Å². The molecule has 1 aliphatic heterocycles. The molecule has 1 aromatic rings. The minimum atomic E-state index is -0.931. The fourth-order valence-electron chi connectivity index (χ4n) is 1.80. The SMILES string of the molecule is Cc1ccc(N2CC[C@@H](N)[C@@H](F)C2)cn1. The first-order valence-electron chi connectivity index (χ1n) is 5.24. The molecular weight excluding hydrogens is 193 g/mol. The van der Waals surface area contributed by atoms with Crippen LogP contribution in [0.5, 0.6) is 0 Å². The topological polar surface area (TPSA) is 42.1 Å². The van der Waals surface area contributed by atoms with Crippen LogP contribution in [0.2, 0.25) is 0 Å². The van der Waals surface area contributed by atoms with Gasteiger partial charge in [-0.3, -0.25) is 4.98 Å². The monoisotopic (exact) mass is 209 g/mol. The van der Waals surface area contributed by atoms with E-state index >= 15 is 0 Å². The third-order valence-electron chi connectivity index (χ3n) is 2.85. The second-order valence-electron chi connectivity index (χ2n) is 4.07. The summed E-state index contributed by atoms with van der Waals surface area (Å²) in [6.45, 7) is 3.13. The molecule has 82 valence electrons. The Bertz CT molecular complexity index is 325. The van der Waals surface area contributed by atoms with Crippen molar-refractivity contribution in [1.82, 2.24) is 4.98 Å². The molecule has 15 heavy (non-hydrogen) atoms. The summed E-state index contributed by atoms with van der Waals surface area (Å²) in [5, 5.41) is 0. The molecule has 1 fully saturated rings. The third kappa shape index (κ3) is 2.26. The van der Waals surface area contributed by atoms with Crippen molar-refractivity contribution in [3.63, 3.8) is 0 Å². The molecule has 0 aromatic carbocycles. The van der Waals surface area contributed by atoms with Crippen LogP contribution in [0.3, 0.4) is 0 Å². The molecule has 0 saturated carbocycles. The Morgan fingerprint density at radius 1 is 1.53 bits per heavy atom. The number of nitrogens with zero attached hydrogens (tertiary/aromatic N) is 2. The molecule has 2 atom stereocenters. The summed E-state index contributed by atoms with van der Waals surface area (Å²) in [4.78, 5) is 6.20. The molecule has 1 aliphatic rings. The van der Waals surface area contributed by atoms with Crippen molar-refractivity contribution in [2.75, 3.05) is 18.0 Å². The van der Waals surface area contributed by atoms with Gasteiger partial charge in [0.2, 0.25) is 0 Å². The van der Waals surface area contributed by atoms with Gasteiger partial charge in [0.15, 0.2) is 0 Å². The second-order valence-corrected chi connectivity index (χ2v) is 4.07. The average molecular weight is 209 g/mol. The number of halogens is 1. The van der Waals surface area contributed by atoms with Crippen LogP contribution in [0.1, 0.15) is 12.1 Å². The van der Waals surface area contributed by atoms with Gasteiger partial charge in [-0.05, 0) is 25.5 Å². The summed E-state index contributed by atoms with van der Waals surface area (Å²) in [5.41, 5.74) is 7.58. The smallest absolute Gasteiger partial charge is 0.133 e. The van der Waals surface area contributed by atoms with Gasteiger partial charge in [0.05, 0.1) is 18.4 Å². The Labute approximate surface area is 89.1 Å². The first kappa shape index (κ1) is 10.4. The lowest BCUT2D eigenvalue weighted by Crippen LogP contribution is -2.48. The van der Waals surface area contributed by atoms with Crippen LogP contribution in [0.4, 0.5) is 10.1 Å². The molecular formula is C11H16FN3. The fraction of sp³-hybridized carbons (Fsp3) is 0.545. The number of hydrogen-bond acceptors (Lipinski definition) is 3. The number of pyridine rings is 1.